The second kappa shape index (κ2) is 3.35. The molecule has 0 fully saturated rings. The molecule has 0 atom stereocenters. The van der Waals surface area contributed by atoms with Crippen LogP contribution in [-0.2, 0) is 0 Å². The van der Waals surface area contributed by atoms with Crippen molar-refractivity contribution in [2.75, 3.05) is 21.1 Å². The second-order valence-corrected chi connectivity index (χ2v) is 4.29. The van der Waals surface area contributed by atoms with Crippen molar-refractivity contribution in [2.45, 2.75) is 0 Å². The number of phenolic OH excluding ortho intramolecular Hbond substituents is 2. The Morgan fingerprint density at radius 3 is 2.21 bits per heavy atom. The maximum atomic E-state index is 9.59. The van der Waals surface area contributed by atoms with Gasteiger partial charge in [-0.05, 0) is 12.1 Å². The van der Waals surface area contributed by atoms with Crippen molar-refractivity contribution in [1.29, 1.82) is 0 Å². The van der Waals surface area contributed by atoms with E-state index in [-0.39, 0.29) is 11.5 Å². The SMILES string of the molecule is C=c1cc(O)/c(=C/[N+](C)(C)C)cc1O. The minimum Gasteiger partial charge on any atom is -0.507 e. The number of nitrogens with zero attached hydrogens (tertiary/aromatic N) is 1. The van der Waals surface area contributed by atoms with E-state index in [1.807, 2.05) is 27.3 Å². The molecule has 0 aliphatic rings. The molecule has 0 radical (unpaired) electrons. The average molecular weight is 194 g/mol. The summed E-state index contributed by atoms with van der Waals surface area (Å²) in [6, 6.07) is 2.97. The minimum absolute atomic E-state index is 0.0995. The summed E-state index contributed by atoms with van der Waals surface area (Å²) in [5.74, 6) is 0.239. The van der Waals surface area contributed by atoms with Crippen molar-refractivity contribution in [2.24, 2.45) is 0 Å². The molecule has 0 bridgehead atoms. The van der Waals surface area contributed by atoms with Crippen molar-refractivity contribution in [1.82, 2.24) is 0 Å². The van der Waals surface area contributed by atoms with Crippen molar-refractivity contribution in [3.63, 3.8) is 0 Å². The first kappa shape index (κ1) is 10.6. The molecule has 3 nitrogen and oxygen atoms in total. The Labute approximate surface area is 83.4 Å². The van der Waals surface area contributed by atoms with E-state index < -0.39 is 0 Å². The summed E-state index contributed by atoms with van der Waals surface area (Å²) in [7, 11) is 5.90. The molecule has 3 heteroatoms. The first-order chi connectivity index (χ1) is 6.29. The van der Waals surface area contributed by atoms with Crippen molar-refractivity contribution >= 4 is 12.8 Å². The quantitative estimate of drug-likeness (QED) is 0.486. The van der Waals surface area contributed by atoms with Gasteiger partial charge in [0.05, 0.1) is 26.4 Å². The highest BCUT2D eigenvalue weighted by Gasteiger charge is 2.04. The molecule has 1 rings (SSSR count). The molecule has 0 aliphatic carbocycles. The molecule has 76 valence electrons. The van der Waals surface area contributed by atoms with Crippen LogP contribution in [0.4, 0.5) is 0 Å². The van der Waals surface area contributed by atoms with Gasteiger partial charge in [-0.25, -0.2) is 0 Å². The molecule has 0 spiro atoms. The van der Waals surface area contributed by atoms with E-state index in [9.17, 15) is 10.2 Å². The summed E-state index contributed by atoms with van der Waals surface area (Å²) in [5.41, 5.74) is 0. The third-order valence-electron chi connectivity index (χ3n) is 1.75. The summed E-state index contributed by atoms with van der Waals surface area (Å²) in [6.07, 6.45) is 1.84. The van der Waals surface area contributed by atoms with Crippen molar-refractivity contribution < 1.29 is 14.7 Å². The van der Waals surface area contributed by atoms with Gasteiger partial charge >= 0.3 is 0 Å². The lowest BCUT2D eigenvalue weighted by molar-refractivity contribution is -0.788. The van der Waals surface area contributed by atoms with Crippen LogP contribution in [0.15, 0.2) is 12.1 Å². The van der Waals surface area contributed by atoms with Gasteiger partial charge in [-0.3, -0.25) is 0 Å². The van der Waals surface area contributed by atoms with E-state index in [0.29, 0.717) is 14.9 Å². The van der Waals surface area contributed by atoms with Gasteiger partial charge in [-0.15, -0.1) is 0 Å². The van der Waals surface area contributed by atoms with Gasteiger partial charge in [0.15, 0.2) is 0 Å². The van der Waals surface area contributed by atoms with Crippen LogP contribution in [0, 0.1) is 0 Å². The van der Waals surface area contributed by atoms with Gasteiger partial charge in [-0.1, -0.05) is 6.58 Å². The highest BCUT2D eigenvalue weighted by Crippen LogP contribution is 2.03. The lowest BCUT2D eigenvalue weighted by Crippen LogP contribution is -2.29. The van der Waals surface area contributed by atoms with Crippen molar-refractivity contribution in [3.05, 3.63) is 22.6 Å². The molecular formula is C11H16NO2+. The van der Waals surface area contributed by atoms with Crippen LogP contribution in [0.2, 0.25) is 0 Å². The number of phenols is 2. The predicted octanol–water partition coefficient (Wildman–Crippen LogP) is -0.0477. The molecule has 0 heterocycles. The van der Waals surface area contributed by atoms with Gasteiger partial charge in [0.25, 0.3) is 0 Å². The van der Waals surface area contributed by atoms with Gasteiger partial charge in [0.2, 0.25) is 0 Å². The molecule has 1 aromatic rings. The van der Waals surface area contributed by atoms with Crippen LogP contribution in [0.5, 0.6) is 11.5 Å². The molecule has 0 aliphatic heterocycles. The van der Waals surface area contributed by atoms with Crippen LogP contribution < -0.4 is 10.4 Å². The fourth-order valence-electron chi connectivity index (χ4n) is 1.16. The highest BCUT2D eigenvalue weighted by molar-refractivity contribution is 5.38. The van der Waals surface area contributed by atoms with Gasteiger partial charge < -0.3 is 14.7 Å². The largest absolute Gasteiger partial charge is 0.507 e. The Balaban J connectivity index is 3.45. The fourth-order valence-corrected chi connectivity index (χ4v) is 1.16. The molecule has 14 heavy (non-hydrogen) atoms. The smallest absolute Gasteiger partial charge is 0.128 e. The molecule has 0 aromatic heterocycles. The molecule has 0 amide bonds. The van der Waals surface area contributed by atoms with E-state index >= 15 is 0 Å². The normalized spacial score (nSPS) is 13.2. The molecule has 1 aromatic carbocycles. The molecule has 0 unspecified atom stereocenters. The standard InChI is InChI=1S/C11H15NO2/c1-8-5-11(14)9(6-10(8)13)7-12(2,3)4/h5-7H,1H2,2-4H3,(H-,13,14)/p+1/b9-7+. The summed E-state index contributed by atoms with van der Waals surface area (Å²) in [5, 5.41) is 20.1. The van der Waals surface area contributed by atoms with E-state index in [4.69, 9.17) is 0 Å². The number of hydrogen-bond acceptors (Lipinski definition) is 2. The Morgan fingerprint density at radius 1 is 1.14 bits per heavy atom. The van der Waals surface area contributed by atoms with E-state index in [0.717, 1.165) is 0 Å². The monoisotopic (exact) mass is 194 g/mol. The van der Waals surface area contributed by atoms with Crippen molar-refractivity contribution in [3.8, 4) is 11.5 Å². The van der Waals surface area contributed by atoms with E-state index in [1.165, 1.54) is 12.1 Å². The fraction of sp³-hybridized carbons (Fsp3) is 0.273. The summed E-state index contributed by atoms with van der Waals surface area (Å²) in [6.45, 7) is 3.59. The Hall–Kier alpha value is -1.48. The van der Waals surface area contributed by atoms with Crippen LogP contribution in [0.1, 0.15) is 0 Å². The number of quaternary nitrogens is 1. The maximum absolute atomic E-state index is 9.59. The zero-order valence-corrected chi connectivity index (χ0v) is 8.78. The van der Waals surface area contributed by atoms with Crippen LogP contribution >= 0.6 is 0 Å². The summed E-state index contributed by atoms with van der Waals surface area (Å²) >= 11 is 0. The first-order valence-corrected chi connectivity index (χ1v) is 4.34. The van der Waals surface area contributed by atoms with Gasteiger partial charge in [0.1, 0.15) is 17.7 Å². The second-order valence-electron chi connectivity index (χ2n) is 4.29. The summed E-state index contributed by atoms with van der Waals surface area (Å²) in [4.78, 5) is 0. The lowest BCUT2D eigenvalue weighted by Gasteiger charge is -2.17. The zero-order chi connectivity index (χ0) is 10.9. The van der Waals surface area contributed by atoms with Crippen LogP contribution in [0.3, 0.4) is 0 Å². The number of aromatic hydroxyl groups is 2. The Morgan fingerprint density at radius 2 is 1.71 bits per heavy atom. The molecular weight excluding hydrogens is 178 g/mol. The topological polar surface area (TPSA) is 40.5 Å². The van der Waals surface area contributed by atoms with Gasteiger partial charge in [0, 0.05) is 5.22 Å². The third kappa shape index (κ3) is 2.50. The molecule has 0 saturated carbocycles. The minimum atomic E-state index is 0.0995. The van der Waals surface area contributed by atoms with Crippen LogP contribution in [-0.4, -0.2) is 35.8 Å². The number of benzene rings is 1. The third-order valence-corrected chi connectivity index (χ3v) is 1.75. The Kier molecular flexibility index (Phi) is 2.53. The van der Waals surface area contributed by atoms with E-state index in [1.54, 1.807) is 0 Å². The number of rotatable bonds is 1. The lowest BCUT2D eigenvalue weighted by atomic mass is 10.2. The number of hydrogen-bond donors (Lipinski definition) is 2. The highest BCUT2D eigenvalue weighted by atomic mass is 16.3. The zero-order valence-electron chi connectivity index (χ0n) is 8.78. The average Bonchev–Trinajstić information content (AvgIpc) is 1.97. The summed E-state index contributed by atoms with van der Waals surface area (Å²) < 4.78 is 0.573. The maximum Gasteiger partial charge on any atom is 0.128 e. The predicted molar refractivity (Wildman–Crippen MR) is 57.0 cm³/mol. The van der Waals surface area contributed by atoms with Gasteiger partial charge in [-0.2, -0.15) is 0 Å². The first-order valence-electron chi connectivity index (χ1n) is 4.34. The van der Waals surface area contributed by atoms with Crippen LogP contribution in [0.25, 0.3) is 12.8 Å². The van der Waals surface area contributed by atoms with E-state index in [2.05, 4.69) is 6.58 Å². The molecule has 0 saturated heterocycles. The molecule has 2 N–H and O–H groups in total. The Bertz CT molecular complexity index is 444.